The van der Waals surface area contributed by atoms with E-state index in [0.717, 1.165) is 46.4 Å². The molecule has 0 radical (unpaired) electrons. The van der Waals surface area contributed by atoms with Gasteiger partial charge in [0.25, 0.3) is 0 Å². The molecule has 31 heavy (non-hydrogen) atoms. The highest BCUT2D eigenvalue weighted by atomic mass is 35.5. The second-order valence-electron chi connectivity index (χ2n) is 8.38. The number of carbonyl (C=O) groups is 2. The van der Waals surface area contributed by atoms with Crippen LogP contribution in [0.5, 0.6) is 0 Å². The van der Waals surface area contributed by atoms with Gasteiger partial charge in [-0.3, -0.25) is 9.59 Å². The van der Waals surface area contributed by atoms with Crippen LogP contribution in [-0.2, 0) is 14.6 Å². The van der Waals surface area contributed by atoms with Crippen LogP contribution >= 0.6 is 23.4 Å². The van der Waals surface area contributed by atoms with Gasteiger partial charge in [-0.15, -0.1) is 0 Å². The first-order valence-corrected chi connectivity index (χ1v) is 13.2. The lowest BCUT2D eigenvalue weighted by molar-refractivity contribution is -0.119. The Kier molecular flexibility index (Phi) is 5.92. The van der Waals surface area contributed by atoms with E-state index in [0.29, 0.717) is 0 Å². The lowest BCUT2D eigenvalue weighted by atomic mass is 9.84. The molecule has 2 aromatic carbocycles. The minimum atomic E-state index is -3.45. The van der Waals surface area contributed by atoms with Gasteiger partial charge >= 0.3 is 0 Å². The standard InChI is InChI=1S/C24H23ClO4S2/c1-13-5-4-6-14(2)23(13)30-24-16-8-7-15(11-16)21(26)20(24)22(27)18-10-9-17(12-19(18)25)31(3,28)29/h4-6,9-10,12,15-16H,7-8,11H2,1-3H3. The van der Waals surface area contributed by atoms with E-state index in [1.54, 1.807) is 0 Å². The summed E-state index contributed by atoms with van der Waals surface area (Å²) in [6, 6.07) is 10.1. The summed E-state index contributed by atoms with van der Waals surface area (Å²) in [5.41, 5.74) is 2.60. The summed E-state index contributed by atoms with van der Waals surface area (Å²) in [5.74, 6) is -0.476. The van der Waals surface area contributed by atoms with E-state index in [9.17, 15) is 18.0 Å². The molecule has 0 saturated heterocycles. The van der Waals surface area contributed by atoms with Crippen molar-refractivity contribution in [3.8, 4) is 0 Å². The Morgan fingerprint density at radius 1 is 1.06 bits per heavy atom. The number of carbonyl (C=O) groups excluding carboxylic acids is 2. The third-order valence-electron chi connectivity index (χ3n) is 6.13. The second-order valence-corrected chi connectivity index (χ2v) is 11.9. The molecule has 0 spiro atoms. The van der Waals surface area contributed by atoms with Gasteiger partial charge in [-0.2, -0.15) is 0 Å². The van der Waals surface area contributed by atoms with E-state index in [-0.39, 0.29) is 38.7 Å². The molecule has 2 unspecified atom stereocenters. The Balaban J connectivity index is 1.83. The minimum absolute atomic E-state index is 0.0440. The van der Waals surface area contributed by atoms with Crippen LogP contribution in [0, 0.1) is 25.7 Å². The smallest absolute Gasteiger partial charge is 0.198 e. The predicted octanol–water partition coefficient (Wildman–Crippen LogP) is 5.59. The lowest BCUT2D eigenvalue weighted by Gasteiger charge is -2.25. The third kappa shape index (κ3) is 4.13. The van der Waals surface area contributed by atoms with Crippen LogP contribution in [0.2, 0.25) is 5.02 Å². The summed E-state index contributed by atoms with van der Waals surface area (Å²) in [6.45, 7) is 4.06. The lowest BCUT2D eigenvalue weighted by Crippen LogP contribution is -2.26. The Morgan fingerprint density at radius 2 is 1.71 bits per heavy atom. The molecule has 2 aliphatic rings. The Labute approximate surface area is 192 Å². The molecule has 4 rings (SSSR count). The van der Waals surface area contributed by atoms with Crippen molar-refractivity contribution in [2.75, 3.05) is 6.26 Å². The molecule has 0 heterocycles. The maximum atomic E-state index is 13.6. The van der Waals surface area contributed by atoms with Gasteiger partial charge in [0.2, 0.25) is 0 Å². The van der Waals surface area contributed by atoms with Gasteiger partial charge < -0.3 is 0 Å². The number of allylic oxidation sites excluding steroid dienone is 2. The van der Waals surface area contributed by atoms with Gasteiger partial charge in [0, 0.05) is 27.5 Å². The number of hydrogen-bond acceptors (Lipinski definition) is 5. The molecule has 2 aromatic rings. The fraction of sp³-hybridized carbons (Fsp3) is 0.333. The number of Topliss-reactive ketones (excluding diaryl/α,β-unsaturated/α-hetero) is 2. The highest BCUT2D eigenvalue weighted by Crippen LogP contribution is 2.51. The fourth-order valence-corrected chi connectivity index (χ4v) is 6.79. The van der Waals surface area contributed by atoms with Crippen LogP contribution in [0.15, 0.2) is 56.7 Å². The van der Waals surface area contributed by atoms with Crippen LogP contribution < -0.4 is 0 Å². The van der Waals surface area contributed by atoms with Gasteiger partial charge in [-0.25, -0.2) is 8.42 Å². The molecule has 0 N–H and O–H groups in total. The molecule has 1 fully saturated rings. The quantitative estimate of drug-likeness (QED) is 0.417. The molecular weight excluding hydrogens is 452 g/mol. The molecule has 4 nitrogen and oxygen atoms in total. The first-order chi connectivity index (χ1) is 14.6. The molecule has 0 aliphatic heterocycles. The summed E-state index contributed by atoms with van der Waals surface area (Å²) < 4.78 is 23.6. The van der Waals surface area contributed by atoms with Crippen molar-refractivity contribution >= 4 is 44.8 Å². The van der Waals surface area contributed by atoms with Crippen molar-refractivity contribution in [1.29, 1.82) is 0 Å². The molecule has 0 aromatic heterocycles. The number of halogens is 1. The SMILES string of the molecule is Cc1cccc(C)c1SC1=C(C(=O)c2ccc(S(C)(=O)=O)cc2Cl)C(=O)C2CCC1C2. The molecular formula is C24H23ClO4S2. The van der Waals surface area contributed by atoms with E-state index in [1.807, 2.05) is 32.0 Å². The van der Waals surface area contributed by atoms with E-state index in [4.69, 9.17) is 11.6 Å². The zero-order chi connectivity index (χ0) is 22.5. The van der Waals surface area contributed by atoms with E-state index in [2.05, 4.69) is 0 Å². The van der Waals surface area contributed by atoms with E-state index in [1.165, 1.54) is 30.0 Å². The van der Waals surface area contributed by atoms with Crippen molar-refractivity contribution < 1.29 is 18.0 Å². The molecule has 2 aliphatic carbocycles. The number of aryl methyl sites for hydroxylation is 2. The van der Waals surface area contributed by atoms with Crippen molar-refractivity contribution in [1.82, 2.24) is 0 Å². The monoisotopic (exact) mass is 474 g/mol. The molecule has 2 bridgehead atoms. The summed E-state index contributed by atoms with van der Waals surface area (Å²) in [4.78, 5) is 28.8. The Morgan fingerprint density at radius 3 is 2.32 bits per heavy atom. The summed E-state index contributed by atoms with van der Waals surface area (Å²) in [5, 5.41) is 0.0440. The van der Waals surface area contributed by atoms with E-state index < -0.39 is 15.6 Å². The van der Waals surface area contributed by atoms with Crippen LogP contribution in [0.25, 0.3) is 0 Å². The van der Waals surface area contributed by atoms with Crippen LogP contribution in [0.4, 0.5) is 0 Å². The Bertz CT molecular complexity index is 1220. The average molecular weight is 475 g/mol. The van der Waals surface area contributed by atoms with Crippen LogP contribution in [-0.4, -0.2) is 26.2 Å². The molecule has 2 atom stereocenters. The number of fused-ring (bicyclic) bond motifs is 2. The normalized spacial score (nSPS) is 21.0. The second kappa shape index (κ2) is 8.23. The number of benzene rings is 2. The zero-order valence-corrected chi connectivity index (χ0v) is 20.0. The van der Waals surface area contributed by atoms with Crippen molar-refractivity contribution in [2.24, 2.45) is 11.8 Å². The average Bonchev–Trinajstić information content (AvgIpc) is 3.14. The first kappa shape index (κ1) is 22.3. The summed E-state index contributed by atoms with van der Waals surface area (Å²) in [6.07, 6.45) is 3.55. The van der Waals surface area contributed by atoms with Gasteiger partial charge in [0.15, 0.2) is 21.4 Å². The van der Waals surface area contributed by atoms with Gasteiger partial charge in [-0.1, -0.05) is 41.6 Å². The number of hydrogen-bond donors (Lipinski definition) is 0. The minimum Gasteiger partial charge on any atom is -0.294 e. The third-order valence-corrected chi connectivity index (χ3v) is 9.16. The summed E-state index contributed by atoms with van der Waals surface area (Å²) >= 11 is 7.84. The van der Waals surface area contributed by atoms with Crippen molar-refractivity contribution in [2.45, 2.75) is 42.9 Å². The van der Waals surface area contributed by atoms with E-state index >= 15 is 0 Å². The van der Waals surface area contributed by atoms with Gasteiger partial charge in [-0.05, 0) is 68.4 Å². The molecule has 7 heteroatoms. The predicted molar refractivity (Wildman–Crippen MR) is 124 cm³/mol. The number of thioether (sulfide) groups is 1. The van der Waals surface area contributed by atoms with Gasteiger partial charge in [0.05, 0.1) is 15.5 Å². The zero-order valence-electron chi connectivity index (χ0n) is 17.6. The topological polar surface area (TPSA) is 68.3 Å². The molecule has 0 amide bonds. The van der Waals surface area contributed by atoms with Crippen molar-refractivity contribution in [3.63, 3.8) is 0 Å². The maximum absolute atomic E-state index is 13.6. The summed E-state index contributed by atoms with van der Waals surface area (Å²) in [7, 11) is -3.45. The maximum Gasteiger partial charge on any atom is 0.198 e. The highest BCUT2D eigenvalue weighted by Gasteiger charge is 2.43. The highest BCUT2D eigenvalue weighted by molar-refractivity contribution is 8.03. The molecule has 1 saturated carbocycles. The number of rotatable bonds is 5. The van der Waals surface area contributed by atoms with Crippen LogP contribution in [0.3, 0.4) is 0 Å². The fourth-order valence-electron chi connectivity index (χ4n) is 4.46. The molecule has 162 valence electrons. The largest absolute Gasteiger partial charge is 0.294 e. The Hall–Kier alpha value is -1.89. The van der Waals surface area contributed by atoms with Crippen molar-refractivity contribution in [3.05, 3.63) is 68.6 Å². The number of ketones is 2. The van der Waals surface area contributed by atoms with Gasteiger partial charge in [0.1, 0.15) is 0 Å². The van der Waals surface area contributed by atoms with Crippen LogP contribution in [0.1, 0.15) is 40.7 Å². The number of sulfone groups is 1. The first-order valence-electron chi connectivity index (χ1n) is 10.1.